The fraction of sp³-hybridized carbons (Fsp3) is 0.958. The first kappa shape index (κ1) is 20.4. The second kappa shape index (κ2) is 6.27. The Morgan fingerprint density at radius 3 is 2.48 bits per heavy atom. The fourth-order valence-corrected chi connectivity index (χ4v) is 8.96. The molecule has 4 aliphatic carbocycles. The van der Waals surface area contributed by atoms with Gasteiger partial charge in [0.05, 0.1) is 12.2 Å². The van der Waals surface area contributed by atoms with Crippen LogP contribution in [0.15, 0.2) is 0 Å². The molecule has 1 aliphatic heterocycles. The number of hydrogen-bond donors (Lipinski definition) is 2. The van der Waals surface area contributed by atoms with Gasteiger partial charge in [-0.25, -0.2) is 0 Å². The van der Waals surface area contributed by atoms with Gasteiger partial charge in [-0.2, -0.15) is 0 Å². The summed E-state index contributed by atoms with van der Waals surface area (Å²) in [6.07, 6.45) is 7.89. The van der Waals surface area contributed by atoms with Crippen LogP contribution in [-0.4, -0.2) is 46.2 Å². The van der Waals surface area contributed by atoms with E-state index in [1.54, 1.807) is 0 Å². The number of ether oxygens (including phenoxy) is 2. The molecule has 0 aromatic carbocycles. The minimum Gasteiger partial charge on any atom is -0.393 e. The summed E-state index contributed by atoms with van der Waals surface area (Å²) in [5.41, 5.74) is -0.999. The lowest BCUT2D eigenvalue weighted by Gasteiger charge is -2.61. The lowest BCUT2D eigenvalue weighted by molar-refractivity contribution is -0.221. The van der Waals surface area contributed by atoms with E-state index >= 15 is 0 Å². The third-order valence-electron chi connectivity index (χ3n) is 10.2. The average molecular weight is 407 g/mol. The highest BCUT2D eigenvalue weighted by atomic mass is 16.8. The number of carbonyl (C=O) groups excluding carboxylic acids is 1. The average Bonchev–Trinajstić information content (AvgIpc) is 3.07. The zero-order chi connectivity index (χ0) is 20.8. The number of carbonyl (C=O) groups is 1. The van der Waals surface area contributed by atoms with Crippen LogP contribution in [0.3, 0.4) is 0 Å². The van der Waals surface area contributed by atoms with Crippen molar-refractivity contribution in [1.82, 2.24) is 0 Å². The van der Waals surface area contributed by atoms with E-state index in [2.05, 4.69) is 13.8 Å². The molecule has 1 saturated heterocycles. The highest BCUT2D eigenvalue weighted by Crippen LogP contribution is 2.71. The van der Waals surface area contributed by atoms with Gasteiger partial charge in [-0.3, -0.25) is 4.79 Å². The van der Waals surface area contributed by atoms with Crippen molar-refractivity contribution in [3.05, 3.63) is 0 Å². The quantitative estimate of drug-likeness (QED) is 0.735. The maximum atomic E-state index is 13.2. The monoisotopic (exact) mass is 406 g/mol. The first-order valence-electron chi connectivity index (χ1n) is 11.8. The Morgan fingerprint density at radius 2 is 1.76 bits per heavy atom. The predicted molar refractivity (Wildman–Crippen MR) is 108 cm³/mol. The summed E-state index contributed by atoms with van der Waals surface area (Å²) in [6.45, 7) is 8.02. The van der Waals surface area contributed by atoms with Crippen LogP contribution in [0.25, 0.3) is 0 Å². The smallest absolute Gasteiger partial charge is 0.193 e. The number of hydrogen-bond acceptors (Lipinski definition) is 5. The third kappa shape index (κ3) is 2.51. The van der Waals surface area contributed by atoms with Gasteiger partial charge in [0.25, 0.3) is 0 Å². The standard InChI is InChI=1S/C24H38O5/c1-21(2)28-20-12-18-16-6-5-14-11-15(26)7-9-22(14,3)17(16)8-10-23(18,4)24(20,29-21)19(27)13-25/h14-18,20,25-26H,5-13H2,1-4H3/t14-,15-,16+,17-,18-,20+,22-,23-,24+/m0/s1. The second-order valence-corrected chi connectivity index (χ2v) is 11.7. The normalized spacial score (nSPS) is 55.5. The van der Waals surface area contributed by atoms with Gasteiger partial charge in [0.1, 0.15) is 6.61 Å². The molecule has 0 bridgehead atoms. The van der Waals surface area contributed by atoms with Crippen molar-refractivity contribution in [3.8, 4) is 0 Å². The molecule has 0 radical (unpaired) electrons. The molecule has 1 heterocycles. The number of ketones is 1. The van der Waals surface area contributed by atoms with Gasteiger partial charge in [0, 0.05) is 5.41 Å². The number of Topliss-reactive ketones (excluding diaryl/α,β-unsaturated/α-hetero) is 1. The molecule has 4 saturated carbocycles. The van der Waals surface area contributed by atoms with Gasteiger partial charge in [-0.05, 0) is 94.3 Å². The lowest BCUT2D eigenvalue weighted by atomic mass is 9.44. The summed E-state index contributed by atoms with van der Waals surface area (Å²) in [5.74, 6) is 1.26. The van der Waals surface area contributed by atoms with Gasteiger partial charge in [-0.15, -0.1) is 0 Å². The Morgan fingerprint density at radius 1 is 1.00 bits per heavy atom. The zero-order valence-electron chi connectivity index (χ0n) is 18.4. The van der Waals surface area contributed by atoms with Gasteiger partial charge in [-0.1, -0.05) is 13.8 Å². The van der Waals surface area contributed by atoms with Gasteiger partial charge >= 0.3 is 0 Å². The predicted octanol–water partition coefficient (Wildman–Crippen LogP) is 3.45. The molecule has 0 unspecified atom stereocenters. The van der Waals surface area contributed by atoms with E-state index in [9.17, 15) is 15.0 Å². The summed E-state index contributed by atoms with van der Waals surface area (Å²) in [5, 5.41) is 20.1. The summed E-state index contributed by atoms with van der Waals surface area (Å²) in [6, 6.07) is 0. The van der Waals surface area contributed by atoms with E-state index in [0.717, 1.165) is 38.5 Å². The Hall–Kier alpha value is -0.490. The topological polar surface area (TPSA) is 76.0 Å². The Bertz CT molecular complexity index is 705. The molecule has 0 spiro atoms. The molecule has 0 aromatic heterocycles. The van der Waals surface area contributed by atoms with Crippen molar-refractivity contribution in [2.24, 2.45) is 34.5 Å². The molecular formula is C24H38O5. The lowest BCUT2D eigenvalue weighted by Crippen LogP contribution is -2.61. The van der Waals surface area contributed by atoms with Crippen LogP contribution in [-0.2, 0) is 14.3 Å². The molecule has 5 aliphatic rings. The molecule has 5 nitrogen and oxygen atoms in total. The van der Waals surface area contributed by atoms with Gasteiger partial charge in [0.15, 0.2) is 17.2 Å². The van der Waals surface area contributed by atoms with Crippen LogP contribution in [0.4, 0.5) is 0 Å². The van der Waals surface area contributed by atoms with Crippen molar-refractivity contribution < 1.29 is 24.5 Å². The van der Waals surface area contributed by atoms with Crippen molar-refractivity contribution in [2.45, 2.75) is 103 Å². The van der Waals surface area contributed by atoms with E-state index in [4.69, 9.17) is 9.47 Å². The molecular weight excluding hydrogens is 368 g/mol. The van der Waals surface area contributed by atoms with Crippen molar-refractivity contribution in [1.29, 1.82) is 0 Å². The van der Waals surface area contributed by atoms with E-state index in [0.29, 0.717) is 29.1 Å². The van der Waals surface area contributed by atoms with Crippen LogP contribution in [0, 0.1) is 34.5 Å². The number of aliphatic hydroxyl groups excluding tert-OH is 2. The molecule has 5 heteroatoms. The minimum atomic E-state index is -1.01. The SMILES string of the molecule is CC1(C)O[C@@H]2C[C@H]3[C@@H]4CC[C@H]5C[C@@H](O)CC[C@]5(C)[C@H]4CC[C@]3(C)[C@]2(C(=O)CO)O1. The van der Waals surface area contributed by atoms with Crippen LogP contribution in [0.1, 0.15) is 79.1 Å². The minimum absolute atomic E-state index is 0.126. The van der Waals surface area contributed by atoms with Crippen LogP contribution >= 0.6 is 0 Å². The highest BCUT2D eigenvalue weighted by molar-refractivity contribution is 5.91. The Kier molecular flexibility index (Phi) is 4.42. The molecule has 29 heavy (non-hydrogen) atoms. The number of rotatable bonds is 2. The molecule has 164 valence electrons. The number of fused-ring (bicyclic) bond motifs is 7. The van der Waals surface area contributed by atoms with Crippen LogP contribution < -0.4 is 0 Å². The summed E-state index contributed by atoms with van der Waals surface area (Å²) in [4.78, 5) is 13.2. The van der Waals surface area contributed by atoms with E-state index in [-0.39, 0.29) is 23.4 Å². The molecule has 0 aromatic rings. The Balaban J connectivity index is 1.51. The first-order chi connectivity index (χ1) is 13.6. The largest absolute Gasteiger partial charge is 0.393 e. The summed E-state index contributed by atoms with van der Waals surface area (Å²) < 4.78 is 12.7. The first-order valence-corrected chi connectivity index (χ1v) is 11.8. The van der Waals surface area contributed by atoms with Gasteiger partial charge < -0.3 is 19.7 Å². The fourth-order valence-electron chi connectivity index (χ4n) is 8.96. The molecule has 0 amide bonds. The number of aliphatic hydroxyl groups is 2. The highest BCUT2D eigenvalue weighted by Gasteiger charge is 2.75. The van der Waals surface area contributed by atoms with E-state index < -0.39 is 18.0 Å². The van der Waals surface area contributed by atoms with Gasteiger partial charge in [0.2, 0.25) is 0 Å². The van der Waals surface area contributed by atoms with E-state index in [1.807, 2.05) is 13.8 Å². The maximum Gasteiger partial charge on any atom is 0.193 e. The molecule has 2 N–H and O–H groups in total. The van der Waals surface area contributed by atoms with Crippen molar-refractivity contribution >= 4 is 5.78 Å². The summed E-state index contributed by atoms with van der Waals surface area (Å²) >= 11 is 0. The van der Waals surface area contributed by atoms with E-state index in [1.165, 1.54) is 12.8 Å². The molecule has 5 fully saturated rings. The zero-order valence-corrected chi connectivity index (χ0v) is 18.4. The van der Waals surface area contributed by atoms with Crippen LogP contribution in [0.5, 0.6) is 0 Å². The molecule has 9 atom stereocenters. The third-order valence-corrected chi connectivity index (χ3v) is 10.2. The Labute approximate surface area is 174 Å². The maximum absolute atomic E-state index is 13.2. The van der Waals surface area contributed by atoms with Crippen molar-refractivity contribution in [3.63, 3.8) is 0 Å². The van der Waals surface area contributed by atoms with Crippen molar-refractivity contribution in [2.75, 3.05) is 6.61 Å². The van der Waals surface area contributed by atoms with Crippen LogP contribution in [0.2, 0.25) is 0 Å². The summed E-state index contributed by atoms with van der Waals surface area (Å²) in [7, 11) is 0. The second-order valence-electron chi connectivity index (χ2n) is 11.7. The molecule has 5 rings (SSSR count).